The van der Waals surface area contributed by atoms with Crippen LogP contribution in [0.25, 0.3) is 0 Å². The van der Waals surface area contributed by atoms with Crippen LogP contribution in [0.15, 0.2) is 0 Å². The molecule has 4 aliphatic carbocycles. The molecule has 4 saturated carbocycles. The summed E-state index contributed by atoms with van der Waals surface area (Å²) in [7, 11) is 0. The van der Waals surface area contributed by atoms with Crippen molar-refractivity contribution in [1.29, 1.82) is 0 Å². The van der Waals surface area contributed by atoms with Crippen molar-refractivity contribution in [1.82, 2.24) is 0 Å². The smallest absolute Gasteiger partial charge is 0.132 e. The quantitative estimate of drug-likeness (QED) is 0.355. The Morgan fingerprint density at radius 1 is 0.316 bits per heavy atom. The number of carbonyl (C=O) groups is 4. The van der Waals surface area contributed by atoms with Crippen LogP contribution >= 0.6 is 0 Å². The lowest BCUT2D eigenvalue weighted by Gasteiger charge is -2.21. The molecule has 0 amide bonds. The molecule has 0 saturated heterocycles. The zero-order chi connectivity index (χ0) is 30.5. The van der Waals surface area contributed by atoms with Gasteiger partial charge in [-0.1, -0.05) is 93.9 Å². The number of ketones is 4. The Bertz CT molecular complexity index is 547. The maximum absolute atomic E-state index is 10.8. The fraction of sp³-hybridized carbons (Fsp3) is 0.882. The first-order valence-electron chi connectivity index (χ1n) is 16.2. The predicted molar refractivity (Wildman–Crippen MR) is 167 cm³/mol. The molecule has 0 aliphatic heterocycles. The summed E-state index contributed by atoms with van der Waals surface area (Å²) in [6, 6.07) is 0. The fourth-order valence-corrected chi connectivity index (χ4v) is 4.15. The zero-order valence-electron chi connectivity index (χ0n) is 27.8. The van der Waals surface area contributed by atoms with Gasteiger partial charge in [-0.2, -0.15) is 0 Å². The summed E-state index contributed by atoms with van der Waals surface area (Å²) in [5.74, 6) is 3.29. The number of rotatable bonds is 4. The molecule has 4 aliphatic rings. The van der Waals surface area contributed by atoms with Gasteiger partial charge >= 0.3 is 0 Å². The van der Waals surface area contributed by atoms with Gasteiger partial charge in [0.15, 0.2) is 0 Å². The lowest BCUT2D eigenvalue weighted by molar-refractivity contribution is -0.123. The van der Waals surface area contributed by atoms with E-state index in [1.807, 2.05) is 55.4 Å². The molecule has 0 radical (unpaired) electrons. The largest absolute Gasteiger partial charge is 0.300 e. The third-order valence-electron chi connectivity index (χ3n) is 6.94. The van der Waals surface area contributed by atoms with Gasteiger partial charge in [0.1, 0.15) is 23.1 Å². The molecule has 4 nitrogen and oxygen atoms in total. The van der Waals surface area contributed by atoms with Gasteiger partial charge in [-0.15, -0.1) is 0 Å². The first kappa shape index (κ1) is 43.7. The Balaban J connectivity index is -0.000000187. The molecule has 0 spiro atoms. The SMILES string of the molecule is CC.CC.CC.CC.CC(=O)C1CC1.CC(=O)C1CCC1.CC(=O)C1CCCC1.CC(=O)C1CCCCC1. The van der Waals surface area contributed by atoms with Gasteiger partial charge in [-0.3, -0.25) is 19.2 Å². The van der Waals surface area contributed by atoms with Crippen LogP contribution in [0.5, 0.6) is 0 Å². The number of hydrogen-bond donors (Lipinski definition) is 0. The number of Topliss-reactive ketones (excluding diaryl/α,β-unsaturated/α-hetero) is 4. The lowest BCUT2D eigenvalue weighted by Crippen LogP contribution is -2.18. The molecule has 0 heterocycles. The monoisotopic (exact) mass is 541 g/mol. The Morgan fingerprint density at radius 2 is 0.500 bits per heavy atom. The van der Waals surface area contributed by atoms with E-state index in [1.165, 1.54) is 38.5 Å². The molecule has 0 unspecified atom stereocenters. The van der Waals surface area contributed by atoms with E-state index in [0.717, 1.165) is 51.4 Å². The first-order chi connectivity index (χ1) is 18.2. The first-order valence-corrected chi connectivity index (χ1v) is 16.2. The highest BCUT2D eigenvalue weighted by Gasteiger charge is 2.25. The minimum Gasteiger partial charge on any atom is -0.300 e. The zero-order valence-corrected chi connectivity index (χ0v) is 27.8. The van der Waals surface area contributed by atoms with E-state index in [9.17, 15) is 19.2 Å². The van der Waals surface area contributed by atoms with Crippen molar-refractivity contribution in [3.05, 3.63) is 0 Å². The summed E-state index contributed by atoms with van der Waals surface area (Å²) in [6.45, 7) is 22.8. The van der Waals surface area contributed by atoms with Crippen molar-refractivity contribution in [3.63, 3.8) is 0 Å². The Hall–Kier alpha value is -1.32. The van der Waals surface area contributed by atoms with Crippen molar-refractivity contribution in [3.8, 4) is 0 Å². The summed E-state index contributed by atoms with van der Waals surface area (Å²) in [4.78, 5) is 42.1. The van der Waals surface area contributed by atoms with Crippen molar-refractivity contribution in [2.75, 3.05) is 0 Å². The summed E-state index contributed by atoms with van der Waals surface area (Å²) < 4.78 is 0. The summed E-state index contributed by atoms with van der Waals surface area (Å²) >= 11 is 0. The number of carbonyl (C=O) groups excluding carboxylic acids is 4. The third-order valence-corrected chi connectivity index (χ3v) is 6.94. The maximum Gasteiger partial charge on any atom is 0.132 e. The molecule has 38 heavy (non-hydrogen) atoms. The van der Waals surface area contributed by atoms with Gasteiger partial charge in [0.25, 0.3) is 0 Å². The average Bonchev–Trinajstić information content (AvgIpc) is 3.63. The molecule has 0 bridgehead atoms. The molecule has 0 N–H and O–H groups in total. The second kappa shape index (κ2) is 31.9. The van der Waals surface area contributed by atoms with Gasteiger partial charge in [-0.05, 0) is 79.1 Å². The third kappa shape index (κ3) is 26.3. The minimum atomic E-state index is 0.370. The van der Waals surface area contributed by atoms with Crippen LogP contribution < -0.4 is 0 Å². The Labute approximate surface area is 238 Å². The van der Waals surface area contributed by atoms with Crippen molar-refractivity contribution >= 4 is 23.1 Å². The molecular weight excluding hydrogens is 472 g/mol. The minimum absolute atomic E-state index is 0.370. The Morgan fingerprint density at radius 3 is 0.605 bits per heavy atom. The summed E-state index contributed by atoms with van der Waals surface area (Å²) in [5, 5.41) is 0. The van der Waals surface area contributed by atoms with Crippen molar-refractivity contribution in [2.45, 2.75) is 173 Å². The lowest BCUT2D eigenvalue weighted by atomic mass is 9.83. The molecule has 0 aromatic heterocycles. The second-order valence-corrected chi connectivity index (χ2v) is 9.66. The highest BCUT2D eigenvalue weighted by atomic mass is 16.1. The molecule has 4 heteroatoms. The second-order valence-electron chi connectivity index (χ2n) is 9.66. The highest BCUT2D eigenvalue weighted by Crippen LogP contribution is 2.29. The van der Waals surface area contributed by atoms with Crippen LogP contribution in [0, 0.1) is 23.7 Å². The van der Waals surface area contributed by atoms with Crippen LogP contribution in [-0.2, 0) is 19.2 Å². The number of hydrogen-bond acceptors (Lipinski definition) is 4. The highest BCUT2D eigenvalue weighted by molar-refractivity contribution is 5.80. The van der Waals surface area contributed by atoms with Crippen LogP contribution in [-0.4, -0.2) is 23.1 Å². The van der Waals surface area contributed by atoms with E-state index in [0.29, 0.717) is 46.8 Å². The van der Waals surface area contributed by atoms with Gasteiger partial charge in [0.05, 0.1) is 0 Å². The van der Waals surface area contributed by atoms with Crippen LogP contribution in [0.4, 0.5) is 0 Å². The van der Waals surface area contributed by atoms with E-state index in [1.54, 1.807) is 27.7 Å². The van der Waals surface area contributed by atoms with E-state index in [-0.39, 0.29) is 0 Å². The molecule has 4 rings (SSSR count). The van der Waals surface area contributed by atoms with E-state index in [4.69, 9.17) is 0 Å². The van der Waals surface area contributed by atoms with Crippen molar-refractivity contribution < 1.29 is 19.2 Å². The molecule has 4 fully saturated rings. The van der Waals surface area contributed by atoms with Crippen molar-refractivity contribution in [2.24, 2.45) is 23.7 Å². The average molecular weight is 541 g/mol. The summed E-state index contributed by atoms with van der Waals surface area (Å²) in [6.07, 6.45) is 16.9. The Kier molecular flexibility index (Phi) is 36.7. The standard InChI is InChI=1S/C8H14O.C7H12O.C6H10O.C5H8O.4C2H6/c1-7(9)8-5-3-2-4-6-8;1-6(8)7-4-2-3-5-7;1-5(7)6-3-2-4-6;1-4(6)5-2-3-5;4*1-2/h8H,2-6H2,1H3;7H,2-5H2,1H3;6H,2-4H2,1H3;5H,2-3H2,1H3;4*1-2H3. The normalized spacial score (nSPS) is 17.6. The molecule has 228 valence electrons. The molecule has 0 aromatic rings. The maximum atomic E-state index is 10.8. The topological polar surface area (TPSA) is 68.3 Å². The van der Waals surface area contributed by atoms with E-state index in [2.05, 4.69) is 0 Å². The van der Waals surface area contributed by atoms with E-state index < -0.39 is 0 Å². The van der Waals surface area contributed by atoms with Gasteiger partial charge in [0, 0.05) is 23.7 Å². The fourth-order valence-electron chi connectivity index (χ4n) is 4.15. The van der Waals surface area contributed by atoms with Crippen LogP contribution in [0.3, 0.4) is 0 Å². The molecular formula is C34H68O4. The van der Waals surface area contributed by atoms with Gasteiger partial charge in [-0.25, -0.2) is 0 Å². The van der Waals surface area contributed by atoms with Crippen LogP contribution in [0.1, 0.15) is 173 Å². The van der Waals surface area contributed by atoms with E-state index >= 15 is 0 Å². The molecule has 0 aromatic carbocycles. The van der Waals surface area contributed by atoms with Crippen LogP contribution in [0.2, 0.25) is 0 Å². The summed E-state index contributed by atoms with van der Waals surface area (Å²) in [5.41, 5.74) is 0. The predicted octanol–water partition coefficient (Wildman–Crippen LogP) is 10.4. The van der Waals surface area contributed by atoms with Gasteiger partial charge in [0.2, 0.25) is 0 Å². The molecule has 0 atom stereocenters. The van der Waals surface area contributed by atoms with Gasteiger partial charge < -0.3 is 0 Å².